The lowest BCUT2D eigenvalue weighted by Crippen LogP contribution is -2.63. The van der Waals surface area contributed by atoms with Crippen molar-refractivity contribution in [2.45, 2.75) is 12.0 Å². The molecule has 0 spiro atoms. The maximum absolute atomic E-state index is 11.9. The van der Waals surface area contributed by atoms with E-state index in [1.54, 1.807) is 47.5 Å². The number of hydrogen-bond donors (Lipinski definition) is 1. The first-order valence-corrected chi connectivity index (χ1v) is 14.8. The first-order chi connectivity index (χ1) is 17.5. The first-order valence-electron chi connectivity index (χ1n) is 11.1. The lowest BCUT2D eigenvalue weighted by Gasteiger charge is -2.47. The van der Waals surface area contributed by atoms with E-state index >= 15 is 0 Å². The molecule has 4 aromatic rings. The predicted octanol–water partition coefficient (Wildman–Crippen LogP) is 1.81. The average Bonchev–Trinajstić information content (AvgIpc) is 3.29. The molecule has 0 aliphatic carbocycles. The van der Waals surface area contributed by atoms with Gasteiger partial charge in [-0.05, 0) is 30.3 Å². The van der Waals surface area contributed by atoms with E-state index in [-0.39, 0.29) is 19.5 Å². The van der Waals surface area contributed by atoms with Gasteiger partial charge in [0.2, 0.25) is 20.0 Å². The van der Waals surface area contributed by atoms with Gasteiger partial charge in [-0.1, -0.05) is 0 Å². The SMILES string of the molecule is CS(=O)(=O)Nc1cncc(-c2cc3ncccc3c(-c3ccn(C4(CC#N)CN(S(C)(=O)=O)C4)n3)n2)c1. The largest absolute Gasteiger partial charge is 0.282 e. The van der Waals surface area contributed by atoms with Gasteiger partial charge in [0.25, 0.3) is 0 Å². The van der Waals surface area contributed by atoms with Crippen molar-refractivity contribution in [3.8, 4) is 28.7 Å². The van der Waals surface area contributed by atoms with Crippen LogP contribution in [-0.4, -0.2) is 71.5 Å². The maximum atomic E-state index is 11.9. The van der Waals surface area contributed by atoms with Crippen molar-refractivity contribution >= 4 is 36.6 Å². The molecule has 0 bridgehead atoms. The monoisotopic (exact) mass is 538 g/mol. The number of pyridine rings is 3. The summed E-state index contributed by atoms with van der Waals surface area (Å²) < 4.78 is 52.6. The van der Waals surface area contributed by atoms with Crippen LogP contribution in [0.2, 0.25) is 0 Å². The minimum Gasteiger partial charge on any atom is -0.282 e. The summed E-state index contributed by atoms with van der Waals surface area (Å²) in [6.45, 7) is 0.310. The zero-order chi connectivity index (χ0) is 26.4. The van der Waals surface area contributed by atoms with Crippen molar-refractivity contribution in [1.29, 1.82) is 5.26 Å². The van der Waals surface area contributed by atoms with E-state index in [1.807, 2.05) is 6.07 Å². The van der Waals surface area contributed by atoms with E-state index in [0.29, 0.717) is 33.8 Å². The Balaban J connectivity index is 1.58. The highest BCUT2D eigenvalue weighted by Gasteiger charge is 2.49. The molecule has 37 heavy (non-hydrogen) atoms. The van der Waals surface area contributed by atoms with Crippen LogP contribution in [0.5, 0.6) is 0 Å². The normalized spacial score (nSPS) is 15.7. The van der Waals surface area contributed by atoms with Crippen molar-refractivity contribution in [3.63, 3.8) is 0 Å². The number of anilines is 1. The molecule has 0 radical (unpaired) electrons. The fraction of sp³-hybridized carbons (Fsp3) is 0.261. The lowest BCUT2D eigenvalue weighted by atomic mass is 9.89. The zero-order valence-electron chi connectivity index (χ0n) is 19.9. The third kappa shape index (κ3) is 4.88. The Hall–Kier alpha value is -3.93. The highest BCUT2D eigenvalue weighted by molar-refractivity contribution is 7.92. The molecule has 0 atom stereocenters. The van der Waals surface area contributed by atoms with E-state index in [0.717, 1.165) is 17.9 Å². The zero-order valence-corrected chi connectivity index (χ0v) is 21.5. The van der Waals surface area contributed by atoms with E-state index in [2.05, 4.69) is 20.8 Å². The van der Waals surface area contributed by atoms with Gasteiger partial charge in [-0.3, -0.25) is 19.4 Å². The standard InChI is InChI=1S/C23H22N8O4S2/c1-36(32,33)29-17-10-16(12-25-13-17)20-11-21-18(4-3-8-26-21)22(27-20)19-5-9-31(28-19)23(6-7-24)14-30(15-23)37(2,34)35/h3-5,8-13,29H,6,14-15H2,1-2H3. The fourth-order valence-corrected chi connectivity index (χ4v) is 5.80. The Morgan fingerprint density at radius 1 is 1.11 bits per heavy atom. The number of nitrogens with one attached hydrogen (secondary N) is 1. The Morgan fingerprint density at radius 2 is 1.89 bits per heavy atom. The molecule has 0 unspecified atom stereocenters. The summed E-state index contributed by atoms with van der Waals surface area (Å²) in [7, 11) is -6.86. The third-order valence-corrected chi connectivity index (χ3v) is 7.88. The molecule has 1 saturated heterocycles. The molecule has 5 rings (SSSR count). The molecule has 0 amide bonds. The number of fused-ring (bicyclic) bond motifs is 1. The topological polar surface area (TPSA) is 164 Å². The van der Waals surface area contributed by atoms with Gasteiger partial charge < -0.3 is 0 Å². The van der Waals surface area contributed by atoms with Crippen molar-refractivity contribution < 1.29 is 16.8 Å². The summed E-state index contributed by atoms with van der Waals surface area (Å²) in [6, 6.07) is 11.0. The minimum absolute atomic E-state index is 0.0989. The summed E-state index contributed by atoms with van der Waals surface area (Å²) in [6.07, 6.45) is 8.65. The van der Waals surface area contributed by atoms with Crippen LogP contribution in [0.15, 0.2) is 55.1 Å². The van der Waals surface area contributed by atoms with Gasteiger partial charge in [0.1, 0.15) is 16.9 Å². The van der Waals surface area contributed by atoms with Crippen LogP contribution in [-0.2, 0) is 25.6 Å². The van der Waals surface area contributed by atoms with Crippen LogP contribution in [0.3, 0.4) is 0 Å². The van der Waals surface area contributed by atoms with Gasteiger partial charge in [0.15, 0.2) is 0 Å². The molecule has 0 saturated carbocycles. The molecule has 1 aliphatic heterocycles. The van der Waals surface area contributed by atoms with Gasteiger partial charge in [-0.15, -0.1) is 0 Å². The summed E-state index contributed by atoms with van der Waals surface area (Å²) in [5.74, 6) is 0. The van der Waals surface area contributed by atoms with Crippen LogP contribution in [0.25, 0.3) is 33.5 Å². The van der Waals surface area contributed by atoms with Gasteiger partial charge in [0, 0.05) is 42.6 Å². The van der Waals surface area contributed by atoms with E-state index in [9.17, 15) is 22.1 Å². The second-order valence-corrected chi connectivity index (χ2v) is 12.7. The summed E-state index contributed by atoms with van der Waals surface area (Å²) in [5.41, 5.74) is 2.33. The molecule has 1 aliphatic rings. The van der Waals surface area contributed by atoms with E-state index in [1.165, 1.54) is 10.5 Å². The second kappa shape index (κ2) is 8.87. The van der Waals surface area contributed by atoms with Crippen molar-refractivity contribution in [2.75, 3.05) is 30.3 Å². The average molecular weight is 539 g/mol. The third-order valence-electron chi connectivity index (χ3n) is 6.07. The van der Waals surface area contributed by atoms with Crippen molar-refractivity contribution in [3.05, 3.63) is 55.1 Å². The molecule has 4 aromatic heterocycles. The summed E-state index contributed by atoms with van der Waals surface area (Å²) in [4.78, 5) is 13.4. The highest BCUT2D eigenvalue weighted by Crippen LogP contribution is 2.36. The Morgan fingerprint density at radius 3 is 2.59 bits per heavy atom. The maximum Gasteiger partial charge on any atom is 0.229 e. The smallest absolute Gasteiger partial charge is 0.229 e. The van der Waals surface area contributed by atoms with Crippen LogP contribution in [0.4, 0.5) is 5.69 Å². The van der Waals surface area contributed by atoms with Gasteiger partial charge in [-0.2, -0.15) is 14.7 Å². The molecule has 5 heterocycles. The number of sulfonamides is 2. The molecular weight excluding hydrogens is 516 g/mol. The Bertz CT molecular complexity index is 1770. The van der Waals surface area contributed by atoms with Crippen LogP contribution < -0.4 is 4.72 Å². The van der Waals surface area contributed by atoms with Gasteiger partial charge in [0.05, 0.1) is 48.1 Å². The first kappa shape index (κ1) is 24.8. The summed E-state index contributed by atoms with van der Waals surface area (Å²) in [5, 5.41) is 14.9. The molecule has 14 heteroatoms. The number of hydrogen-bond acceptors (Lipinski definition) is 9. The van der Waals surface area contributed by atoms with Crippen LogP contribution in [0, 0.1) is 11.3 Å². The number of nitriles is 1. The molecule has 190 valence electrons. The summed E-state index contributed by atoms with van der Waals surface area (Å²) >= 11 is 0. The second-order valence-electron chi connectivity index (χ2n) is 9.00. The molecule has 1 fully saturated rings. The number of rotatable bonds is 7. The molecular formula is C23H22N8O4S2. The van der Waals surface area contributed by atoms with Crippen LogP contribution >= 0.6 is 0 Å². The highest BCUT2D eigenvalue weighted by atomic mass is 32.2. The lowest BCUT2D eigenvalue weighted by molar-refractivity contribution is 0.0726. The molecule has 0 aromatic carbocycles. The van der Waals surface area contributed by atoms with Gasteiger partial charge >= 0.3 is 0 Å². The van der Waals surface area contributed by atoms with E-state index < -0.39 is 25.6 Å². The molecule has 12 nitrogen and oxygen atoms in total. The van der Waals surface area contributed by atoms with Gasteiger partial charge in [-0.25, -0.2) is 21.8 Å². The van der Waals surface area contributed by atoms with Crippen molar-refractivity contribution in [2.24, 2.45) is 0 Å². The Labute approximate surface area is 213 Å². The van der Waals surface area contributed by atoms with Crippen molar-refractivity contribution in [1.82, 2.24) is 29.0 Å². The predicted molar refractivity (Wildman–Crippen MR) is 137 cm³/mol. The fourth-order valence-electron chi connectivity index (χ4n) is 4.31. The van der Waals surface area contributed by atoms with E-state index in [4.69, 9.17) is 10.1 Å². The number of aromatic nitrogens is 5. The minimum atomic E-state index is -3.49. The Kier molecular flexibility index (Phi) is 5.94. The quantitative estimate of drug-likeness (QED) is 0.369. The van der Waals surface area contributed by atoms with Crippen LogP contribution in [0.1, 0.15) is 6.42 Å². The number of nitrogens with zero attached hydrogens (tertiary/aromatic N) is 7. The molecule has 1 N–H and O–H groups in total.